The topological polar surface area (TPSA) is 53.1 Å². The lowest BCUT2D eigenvalue weighted by molar-refractivity contribution is 0.218. The highest BCUT2D eigenvalue weighted by Crippen LogP contribution is 2.32. The molecule has 0 spiro atoms. The Bertz CT molecular complexity index is 561. The molecular formula is C12H13Cl2N3O. The van der Waals surface area contributed by atoms with Crippen LogP contribution in [-0.4, -0.2) is 9.78 Å². The molecule has 0 bridgehead atoms. The highest BCUT2D eigenvalue weighted by Gasteiger charge is 2.10. The summed E-state index contributed by atoms with van der Waals surface area (Å²) in [6.07, 6.45) is 0. The molecule has 2 N–H and O–H groups in total. The van der Waals surface area contributed by atoms with Crippen LogP contribution in [0.4, 0.5) is 5.69 Å². The number of hydrogen-bond donors (Lipinski definition) is 1. The molecule has 0 radical (unpaired) electrons. The Morgan fingerprint density at radius 2 is 1.89 bits per heavy atom. The quantitative estimate of drug-likeness (QED) is 0.940. The van der Waals surface area contributed by atoms with E-state index in [0.29, 0.717) is 21.5 Å². The summed E-state index contributed by atoms with van der Waals surface area (Å²) in [5.41, 5.74) is 8.15. The van der Waals surface area contributed by atoms with E-state index in [4.69, 9.17) is 33.7 Å². The molecule has 0 saturated heterocycles. The molecule has 4 nitrogen and oxygen atoms in total. The maximum absolute atomic E-state index is 6.01. The van der Waals surface area contributed by atoms with Crippen LogP contribution in [0.1, 0.15) is 11.4 Å². The van der Waals surface area contributed by atoms with Gasteiger partial charge in [-0.05, 0) is 26.0 Å². The lowest BCUT2D eigenvalue weighted by Crippen LogP contribution is -2.09. The molecule has 0 unspecified atom stereocenters. The van der Waals surface area contributed by atoms with Gasteiger partial charge in [-0.1, -0.05) is 29.3 Å². The van der Waals surface area contributed by atoms with Gasteiger partial charge in [0.2, 0.25) is 0 Å². The molecule has 0 saturated carbocycles. The Balaban J connectivity index is 2.19. The van der Waals surface area contributed by atoms with Crippen LogP contribution in [-0.2, 0) is 6.73 Å². The molecule has 96 valence electrons. The van der Waals surface area contributed by atoms with Crippen molar-refractivity contribution in [3.8, 4) is 5.75 Å². The van der Waals surface area contributed by atoms with Crippen molar-refractivity contribution in [2.45, 2.75) is 20.6 Å². The van der Waals surface area contributed by atoms with Gasteiger partial charge >= 0.3 is 0 Å². The Hall–Kier alpha value is -1.39. The zero-order valence-corrected chi connectivity index (χ0v) is 11.6. The van der Waals surface area contributed by atoms with Crippen molar-refractivity contribution in [3.63, 3.8) is 0 Å². The number of nitrogens with zero attached hydrogens (tertiary/aromatic N) is 2. The van der Waals surface area contributed by atoms with E-state index in [-0.39, 0.29) is 6.73 Å². The second-order valence-corrected chi connectivity index (χ2v) is 4.72. The summed E-state index contributed by atoms with van der Waals surface area (Å²) in [7, 11) is 0. The summed E-state index contributed by atoms with van der Waals surface area (Å²) in [5, 5.41) is 5.20. The van der Waals surface area contributed by atoms with Gasteiger partial charge in [0.25, 0.3) is 0 Å². The summed E-state index contributed by atoms with van der Waals surface area (Å²) in [5.74, 6) is 0.451. The first-order valence-corrected chi connectivity index (χ1v) is 6.12. The number of aryl methyl sites for hydroxylation is 1. The van der Waals surface area contributed by atoms with E-state index in [1.54, 1.807) is 22.9 Å². The number of benzene rings is 1. The first-order valence-electron chi connectivity index (χ1n) is 5.37. The summed E-state index contributed by atoms with van der Waals surface area (Å²) in [4.78, 5) is 0. The van der Waals surface area contributed by atoms with Gasteiger partial charge in [0.05, 0.1) is 27.1 Å². The highest BCUT2D eigenvalue weighted by molar-refractivity contribution is 6.37. The molecule has 0 atom stereocenters. The number of anilines is 1. The van der Waals surface area contributed by atoms with Gasteiger partial charge in [-0.25, -0.2) is 4.68 Å². The number of ether oxygens (including phenoxy) is 1. The Morgan fingerprint density at radius 3 is 2.39 bits per heavy atom. The summed E-state index contributed by atoms with van der Waals surface area (Å²) in [6.45, 7) is 3.95. The van der Waals surface area contributed by atoms with Gasteiger partial charge in [0.15, 0.2) is 12.5 Å². The molecule has 1 aromatic carbocycles. The minimum absolute atomic E-state index is 0.216. The minimum Gasteiger partial charge on any atom is -0.468 e. The first-order chi connectivity index (χ1) is 8.50. The molecular weight excluding hydrogens is 273 g/mol. The molecule has 6 heteroatoms. The van der Waals surface area contributed by atoms with E-state index in [9.17, 15) is 0 Å². The summed E-state index contributed by atoms with van der Waals surface area (Å²) in [6, 6.07) is 5.20. The first kappa shape index (κ1) is 13.1. The molecule has 2 rings (SSSR count). The molecule has 1 heterocycles. The fourth-order valence-electron chi connectivity index (χ4n) is 1.58. The molecule has 0 amide bonds. The molecule has 0 aliphatic heterocycles. The van der Waals surface area contributed by atoms with Crippen molar-refractivity contribution in [1.29, 1.82) is 0 Å². The van der Waals surface area contributed by atoms with Crippen LogP contribution in [0.2, 0.25) is 10.0 Å². The number of aromatic nitrogens is 2. The number of hydrogen-bond acceptors (Lipinski definition) is 3. The summed E-state index contributed by atoms with van der Waals surface area (Å²) < 4.78 is 7.25. The monoisotopic (exact) mass is 285 g/mol. The fraction of sp³-hybridized carbons (Fsp3) is 0.250. The zero-order chi connectivity index (χ0) is 13.3. The second-order valence-electron chi connectivity index (χ2n) is 3.91. The Morgan fingerprint density at radius 1 is 1.28 bits per heavy atom. The van der Waals surface area contributed by atoms with E-state index < -0.39 is 0 Å². The van der Waals surface area contributed by atoms with Crippen LogP contribution >= 0.6 is 23.2 Å². The molecule has 18 heavy (non-hydrogen) atoms. The van der Waals surface area contributed by atoms with Crippen LogP contribution in [0.15, 0.2) is 18.2 Å². The van der Waals surface area contributed by atoms with Gasteiger partial charge in [-0.15, -0.1) is 0 Å². The van der Waals surface area contributed by atoms with Gasteiger partial charge in [-0.3, -0.25) is 0 Å². The van der Waals surface area contributed by atoms with Gasteiger partial charge in [0.1, 0.15) is 0 Å². The Kier molecular flexibility index (Phi) is 3.68. The lowest BCUT2D eigenvalue weighted by Gasteiger charge is -2.10. The van der Waals surface area contributed by atoms with Crippen LogP contribution in [0, 0.1) is 13.8 Å². The average molecular weight is 286 g/mol. The van der Waals surface area contributed by atoms with Crippen LogP contribution in [0.25, 0.3) is 0 Å². The molecule has 0 aliphatic carbocycles. The number of nitrogen functional groups attached to an aromatic ring is 1. The maximum Gasteiger partial charge on any atom is 0.181 e. The largest absolute Gasteiger partial charge is 0.468 e. The van der Waals surface area contributed by atoms with Gasteiger partial charge < -0.3 is 10.5 Å². The van der Waals surface area contributed by atoms with E-state index in [2.05, 4.69) is 5.10 Å². The smallest absolute Gasteiger partial charge is 0.181 e. The predicted octanol–water partition coefficient (Wildman–Crippen LogP) is 3.43. The number of halogens is 2. The normalized spacial score (nSPS) is 10.7. The van der Waals surface area contributed by atoms with Crippen LogP contribution in [0.3, 0.4) is 0 Å². The molecule has 0 aliphatic rings. The fourth-order valence-corrected chi connectivity index (χ4v) is 2.09. The SMILES string of the molecule is Cc1nn(COc2c(Cl)cccc2Cl)c(C)c1N. The summed E-state index contributed by atoms with van der Waals surface area (Å²) >= 11 is 12.0. The van der Waals surface area contributed by atoms with E-state index in [1.807, 2.05) is 13.8 Å². The number of nitrogens with two attached hydrogens (primary N) is 1. The van der Waals surface area contributed by atoms with Gasteiger partial charge in [-0.2, -0.15) is 5.10 Å². The van der Waals surface area contributed by atoms with Crippen molar-refractivity contribution in [2.24, 2.45) is 0 Å². The number of rotatable bonds is 3. The van der Waals surface area contributed by atoms with Crippen molar-refractivity contribution in [2.75, 3.05) is 5.73 Å². The Labute approximate surface area is 115 Å². The average Bonchev–Trinajstić information content (AvgIpc) is 2.56. The van der Waals surface area contributed by atoms with Crippen molar-refractivity contribution < 1.29 is 4.74 Å². The molecule has 2 aromatic rings. The van der Waals surface area contributed by atoms with E-state index in [1.165, 1.54) is 0 Å². The molecule has 1 aromatic heterocycles. The minimum atomic E-state index is 0.216. The van der Waals surface area contributed by atoms with Crippen LogP contribution < -0.4 is 10.5 Å². The third-order valence-electron chi connectivity index (χ3n) is 2.69. The van der Waals surface area contributed by atoms with Crippen molar-refractivity contribution in [1.82, 2.24) is 9.78 Å². The maximum atomic E-state index is 6.01. The van der Waals surface area contributed by atoms with E-state index >= 15 is 0 Å². The second kappa shape index (κ2) is 5.08. The number of para-hydroxylation sites is 1. The lowest BCUT2D eigenvalue weighted by atomic mass is 10.3. The van der Waals surface area contributed by atoms with Gasteiger partial charge in [0, 0.05) is 0 Å². The highest BCUT2D eigenvalue weighted by atomic mass is 35.5. The predicted molar refractivity (Wildman–Crippen MR) is 73.2 cm³/mol. The van der Waals surface area contributed by atoms with Crippen molar-refractivity contribution in [3.05, 3.63) is 39.6 Å². The van der Waals surface area contributed by atoms with Crippen LogP contribution in [0.5, 0.6) is 5.75 Å². The molecule has 0 fully saturated rings. The van der Waals surface area contributed by atoms with E-state index in [0.717, 1.165) is 11.4 Å². The third-order valence-corrected chi connectivity index (χ3v) is 3.28. The standard InChI is InChI=1S/C12H13Cl2N3O/c1-7-11(15)8(2)17(16-7)6-18-12-9(13)4-3-5-10(12)14/h3-5H,6,15H2,1-2H3. The van der Waals surface area contributed by atoms with Crippen molar-refractivity contribution >= 4 is 28.9 Å². The third kappa shape index (κ3) is 2.40. The zero-order valence-electron chi connectivity index (χ0n) is 10.1.